The monoisotopic (exact) mass is 274 g/mol. The van der Waals surface area contributed by atoms with Gasteiger partial charge in [0.05, 0.1) is 5.56 Å². The number of benzene rings is 2. The van der Waals surface area contributed by atoms with Gasteiger partial charge in [-0.1, -0.05) is 12.1 Å². The number of carboxylic acid groups (broad SMARTS) is 1. The number of hydrogen-bond donors (Lipinski definition) is 2. The molecule has 0 atom stereocenters. The third-order valence-corrected chi connectivity index (χ3v) is 3.07. The van der Waals surface area contributed by atoms with Gasteiger partial charge in [0.25, 0.3) is 0 Å². The van der Waals surface area contributed by atoms with Gasteiger partial charge >= 0.3 is 5.97 Å². The molecule has 104 valence electrons. The Bertz CT molecular complexity index is 626. The molecule has 0 aliphatic rings. The maximum Gasteiger partial charge on any atom is 0.338 e. The molecular formula is C15H15FN2O2. The molecule has 3 N–H and O–H groups in total. The van der Waals surface area contributed by atoms with Crippen molar-refractivity contribution >= 4 is 17.3 Å². The standard InChI is InChI=1S/C15H15FN2O2/c1-18(12-7-5-11(16)6-8-12)9-10-3-2-4-13(17)14(10)15(19)20/h2-8H,9,17H2,1H3,(H,19,20). The summed E-state index contributed by atoms with van der Waals surface area (Å²) in [5, 5.41) is 9.22. The summed E-state index contributed by atoms with van der Waals surface area (Å²) in [6.45, 7) is 0.373. The highest BCUT2D eigenvalue weighted by Crippen LogP contribution is 2.21. The van der Waals surface area contributed by atoms with Gasteiger partial charge in [0.1, 0.15) is 5.82 Å². The van der Waals surface area contributed by atoms with E-state index in [4.69, 9.17) is 5.73 Å². The van der Waals surface area contributed by atoms with Gasteiger partial charge in [0.2, 0.25) is 0 Å². The molecule has 0 saturated carbocycles. The van der Waals surface area contributed by atoms with Crippen molar-refractivity contribution in [3.8, 4) is 0 Å². The Balaban J connectivity index is 2.28. The van der Waals surface area contributed by atoms with Crippen LogP contribution in [0.5, 0.6) is 0 Å². The fraction of sp³-hybridized carbons (Fsp3) is 0.133. The van der Waals surface area contributed by atoms with Gasteiger partial charge < -0.3 is 15.7 Å². The Morgan fingerprint density at radius 3 is 2.50 bits per heavy atom. The van der Waals surface area contributed by atoms with Gasteiger partial charge in [-0.05, 0) is 35.9 Å². The third-order valence-electron chi connectivity index (χ3n) is 3.07. The number of nitrogens with zero attached hydrogens (tertiary/aromatic N) is 1. The van der Waals surface area contributed by atoms with Gasteiger partial charge in [0, 0.05) is 25.0 Å². The van der Waals surface area contributed by atoms with E-state index in [0.717, 1.165) is 5.69 Å². The average Bonchev–Trinajstić information content (AvgIpc) is 2.39. The fourth-order valence-electron chi connectivity index (χ4n) is 2.05. The second kappa shape index (κ2) is 5.61. The summed E-state index contributed by atoms with van der Waals surface area (Å²) >= 11 is 0. The molecule has 0 spiro atoms. The van der Waals surface area contributed by atoms with Crippen LogP contribution >= 0.6 is 0 Å². The molecule has 4 nitrogen and oxygen atoms in total. The van der Waals surface area contributed by atoms with Crippen molar-refractivity contribution in [2.24, 2.45) is 0 Å². The Kier molecular flexibility index (Phi) is 3.89. The minimum atomic E-state index is -1.05. The van der Waals surface area contributed by atoms with Crippen molar-refractivity contribution in [3.63, 3.8) is 0 Å². The normalized spacial score (nSPS) is 10.3. The molecule has 0 radical (unpaired) electrons. The van der Waals surface area contributed by atoms with Crippen molar-refractivity contribution in [2.75, 3.05) is 17.7 Å². The summed E-state index contributed by atoms with van der Waals surface area (Å²) in [6, 6.07) is 11.0. The first-order valence-corrected chi connectivity index (χ1v) is 6.06. The van der Waals surface area contributed by atoms with Gasteiger partial charge in [-0.15, -0.1) is 0 Å². The average molecular weight is 274 g/mol. The number of halogens is 1. The zero-order valence-corrected chi connectivity index (χ0v) is 11.0. The lowest BCUT2D eigenvalue weighted by molar-refractivity contribution is 0.0697. The van der Waals surface area contributed by atoms with E-state index in [-0.39, 0.29) is 17.1 Å². The van der Waals surface area contributed by atoms with Crippen molar-refractivity contribution in [3.05, 3.63) is 59.4 Å². The molecule has 0 unspecified atom stereocenters. The summed E-state index contributed by atoms with van der Waals surface area (Å²) in [7, 11) is 1.81. The highest BCUT2D eigenvalue weighted by Gasteiger charge is 2.15. The lowest BCUT2D eigenvalue weighted by atomic mass is 10.0. The maximum atomic E-state index is 12.9. The highest BCUT2D eigenvalue weighted by molar-refractivity contribution is 5.95. The number of anilines is 2. The van der Waals surface area contributed by atoms with Crippen molar-refractivity contribution in [1.82, 2.24) is 0 Å². The van der Waals surface area contributed by atoms with E-state index in [2.05, 4.69) is 0 Å². The molecule has 0 aliphatic carbocycles. The number of carboxylic acids is 1. The largest absolute Gasteiger partial charge is 0.478 e. The van der Waals surface area contributed by atoms with E-state index < -0.39 is 5.97 Å². The Morgan fingerprint density at radius 1 is 1.25 bits per heavy atom. The Morgan fingerprint density at radius 2 is 1.90 bits per heavy atom. The number of rotatable bonds is 4. The smallest absolute Gasteiger partial charge is 0.338 e. The van der Waals surface area contributed by atoms with Gasteiger partial charge in [-0.2, -0.15) is 0 Å². The van der Waals surface area contributed by atoms with Crippen LogP contribution in [0.25, 0.3) is 0 Å². The number of nitrogens with two attached hydrogens (primary N) is 1. The summed E-state index contributed by atoms with van der Waals surface area (Å²) in [6.07, 6.45) is 0. The minimum absolute atomic E-state index is 0.112. The molecule has 2 aromatic rings. The zero-order valence-electron chi connectivity index (χ0n) is 11.0. The van der Waals surface area contributed by atoms with Crippen molar-refractivity contribution in [1.29, 1.82) is 0 Å². The molecule has 2 aromatic carbocycles. The summed E-state index contributed by atoms with van der Waals surface area (Å²) in [4.78, 5) is 13.1. The van der Waals surface area contributed by atoms with Crippen LogP contribution < -0.4 is 10.6 Å². The predicted molar refractivity (Wildman–Crippen MR) is 76.3 cm³/mol. The number of hydrogen-bond acceptors (Lipinski definition) is 3. The van der Waals surface area contributed by atoms with E-state index in [1.807, 2.05) is 11.9 Å². The summed E-state index contributed by atoms with van der Waals surface area (Å²) in [5.41, 5.74) is 7.47. The van der Waals surface area contributed by atoms with E-state index in [1.54, 1.807) is 30.3 Å². The lowest BCUT2D eigenvalue weighted by Gasteiger charge is -2.21. The van der Waals surface area contributed by atoms with Crippen LogP contribution in [0.4, 0.5) is 15.8 Å². The van der Waals surface area contributed by atoms with Gasteiger partial charge in [-0.3, -0.25) is 0 Å². The molecular weight excluding hydrogens is 259 g/mol. The zero-order chi connectivity index (χ0) is 14.7. The Hall–Kier alpha value is -2.56. The van der Waals surface area contributed by atoms with Crippen LogP contribution in [0.1, 0.15) is 15.9 Å². The van der Waals surface area contributed by atoms with Crippen molar-refractivity contribution < 1.29 is 14.3 Å². The predicted octanol–water partition coefficient (Wildman–Crippen LogP) is 2.74. The maximum absolute atomic E-state index is 12.9. The quantitative estimate of drug-likeness (QED) is 0.841. The van der Waals surface area contributed by atoms with Crippen LogP contribution in [0, 0.1) is 5.82 Å². The first-order chi connectivity index (χ1) is 9.49. The van der Waals surface area contributed by atoms with Crippen LogP contribution in [-0.4, -0.2) is 18.1 Å². The van der Waals surface area contributed by atoms with E-state index in [0.29, 0.717) is 12.1 Å². The number of carbonyl (C=O) groups is 1. The topological polar surface area (TPSA) is 66.6 Å². The SMILES string of the molecule is CN(Cc1cccc(N)c1C(=O)O)c1ccc(F)cc1. The molecule has 2 rings (SSSR count). The molecule has 0 aromatic heterocycles. The molecule has 5 heteroatoms. The van der Waals surface area contributed by atoms with Gasteiger partial charge in [0.15, 0.2) is 0 Å². The first kappa shape index (κ1) is 13.9. The summed E-state index contributed by atoms with van der Waals surface area (Å²) < 4.78 is 12.9. The van der Waals surface area contributed by atoms with Gasteiger partial charge in [-0.25, -0.2) is 9.18 Å². The third kappa shape index (κ3) is 2.88. The molecule has 20 heavy (non-hydrogen) atoms. The van der Waals surface area contributed by atoms with E-state index in [9.17, 15) is 14.3 Å². The second-order valence-electron chi connectivity index (χ2n) is 4.52. The number of nitrogen functional groups attached to an aromatic ring is 1. The van der Waals surface area contributed by atoms with Crippen LogP contribution in [0.3, 0.4) is 0 Å². The molecule has 0 saturated heterocycles. The van der Waals surface area contributed by atoms with Crippen LogP contribution in [0.2, 0.25) is 0 Å². The number of aromatic carboxylic acids is 1. The van der Waals surface area contributed by atoms with Crippen LogP contribution in [-0.2, 0) is 6.54 Å². The van der Waals surface area contributed by atoms with E-state index >= 15 is 0 Å². The van der Waals surface area contributed by atoms with E-state index in [1.165, 1.54) is 12.1 Å². The molecule has 0 heterocycles. The fourth-order valence-corrected chi connectivity index (χ4v) is 2.05. The van der Waals surface area contributed by atoms with Crippen molar-refractivity contribution in [2.45, 2.75) is 6.54 Å². The molecule has 0 amide bonds. The first-order valence-electron chi connectivity index (χ1n) is 6.06. The molecule has 0 aliphatic heterocycles. The second-order valence-corrected chi connectivity index (χ2v) is 4.52. The molecule has 0 bridgehead atoms. The Labute approximate surface area is 116 Å². The highest BCUT2D eigenvalue weighted by atomic mass is 19.1. The summed E-state index contributed by atoms with van der Waals surface area (Å²) in [5.74, 6) is -1.36. The van der Waals surface area contributed by atoms with Crippen LogP contribution in [0.15, 0.2) is 42.5 Å². The molecule has 0 fully saturated rings. The lowest BCUT2D eigenvalue weighted by Crippen LogP contribution is -2.19. The minimum Gasteiger partial charge on any atom is -0.478 e.